The maximum Gasteiger partial charge on any atom is 0.0620 e. The molecule has 0 amide bonds. The Morgan fingerprint density at radius 1 is 0.938 bits per heavy atom. The third kappa shape index (κ3) is 1.68. The fourth-order valence-corrected chi connectivity index (χ4v) is 5.22. The molecule has 0 nitrogen and oxygen atoms in total. The van der Waals surface area contributed by atoms with Gasteiger partial charge in [0.05, 0.1) is 15.7 Å². The summed E-state index contributed by atoms with van der Waals surface area (Å²) in [7, 11) is 12.4. The SMILES string of the molecule is [B]C([B])(C)C1CC2CCCC3CCCC1C32. The van der Waals surface area contributed by atoms with Gasteiger partial charge >= 0.3 is 0 Å². The second kappa shape index (κ2) is 3.82. The van der Waals surface area contributed by atoms with Crippen molar-refractivity contribution >= 4 is 15.7 Å². The zero-order valence-corrected chi connectivity index (χ0v) is 10.5. The molecule has 3 rings (SSSR count). The molecule has 3 aliphatic rings. The van der Waals surface area contributed by atoms with E-state index in [0.717, 1.165) is 23.7 Å². The summed E-state index contributed by atoms with van der Waals surface area (Å²) < 4.78 is 0. The molecule has 16 heavy (non-hydrogen) atoms. The summed E-state index contributed by atoms with van der Waals surface area (Å²) in [5, 5.41) is -0.441. The molecule has 4 radical (unpaired) electrons. The first-order valence-corrected chi connectivity index (χ1v) is 7.15. The van der Waals surface area contributed by atoms with Gasteiger partial charge in [-0.3, -0.25) is 0 Å². The van der Waals surface area contributed by atoms with Gasteiger partial charge in [0.15, 0.2) is 0 Å². The lowest BCUT2D eigenvalue weighted by Crippen LogP contribution is -2.35. The van der Waals surface area contributed by atoms with Crippen molar-refractivity contribution in [2.24, 2.45) is 29.6 Å². The summed E-state index contributed by atoms with van der Waals surface area (Å²) in [6, 6.07) is 0. The van der Waals surface area contributed by atoms with Gasteiger partial charge in [-0.1, -0.05) is 44.2 Å². The van der Waals surface area contributed by atoms with E-state index in [1.54, 1.807) is 0 Å². The zero-order chi connectivity index (χ0) is 11.3. The van der Waals surface area contributed by atoms with Crippen molar-refractivity contribution in [3.8, 4) is 0 Å². The van der Waals surface area contributed by atoms with Crippen LogP contribution < -0.4 is 0 Å². The van der Waals surface area contributed by atoms with Crippen LogP contribution in [-0.2, 0) is 0 Å². The maximum absolute atomic E-state index is 6.21. The Kier molecular flexibility index (Phi) is 2.68. The standard InChI is InChI=1S/C14H22B2/c1-14(15,16)12-8-10-6-2-4-9-5-3-7-11(12)13(9)10/h9-13H,2-8H2,1H3. The maximum atomic E-state index is 6.21. The van der Waals surface area contributed by atoms with E-state index in [4.69, 9.17) is 15.7 Å². The molecular weight excluding hydrogens is 190 g/mol. The first kappa shape index (κ1) is 11.2. The molecule has 0 spiro atoms. The third-order valence-electron chi connectivity index (χ3n) is 5.72. The highest BCUT2D eigenvalue weighted by Gasteiger charge is 2.51. The van der Waals surface area contributed by atoms with Crippen molar-refractivity contribution in [3.05, 3.63) is 0 Å². The van der Waals surface area contributed by atoms with Gasteiger partial charge in [0.1, 0.15) is 0 Å². The second-order valence-electron chi connectivity index (χ2n) is 6.83. The molecule has 5 unspecified atom stereocenters. The van der Waals surface area contributed by atoms with Crippen LogP contribution in [-0.4, -0.2) is 15.7 Å². The van der Waals surface area contributed by atoms with Crippen molar-refractivity contribution < 1.29 is 0 Å². The van der Waals surface area contributed by atoms with Crippen molar-refractivity contribution in [1.29, 1.82) is 0 Å². The smallest absolute Gasteiger partial charge is 0.0620 e. The Labute approximate surface area is 103 Å². The molecule has 0 aromatic rings. The fraction of sp³-hybridized carbons (Fsp3) is 1.00. The van der Waals surface area contributed by atoms with E-state index >= 15 is 0 Å². The average molecular weight is 212 g/mol. The van der Waals surface area contributed by atoms with Gasteiger partial charge in [-0.15, -0.1) is 0 Å². The van der Waals surface area contributed by atoms with Crippen molar-refractivity contribution in [2.75, 3.05) is 0 Å². The van der Waals surface area contributed by atoms with E-state index in [0.29, 0.717) is 5.92 Å². The molecule has 84 valence electrons. The Hall–Kier alpha value is 0.130. The van der Waals surface area contributed by atoms with Gasteiger partial charge in [-0.2, -0.15) is 0 Å². The molecule has 3 fully saturated rings. The molecule has 0 N–H and O–H groups in total. The average Bonchev–Trinajstić information content (AvgIpc) is 2.60. The van der Waals surface area contributed by atoms with Crippen LogP contribution in [0, 0.1) is 29.6 Å². The monoisotopic (exact) mass is 212 g/mol. The van der Waals surface area contributed by atoms with Crippen LogP contribution in [0.4, 0.5) is 0 Å². The Morgan fingerprint density at radius 3 is 2.25 bits per heavy atom. The minimum absolute atomic E-state index is 0.441. The lowest BCUT2D eigenvalue weighted by Gasteiger charge is -2.43. The molecule has 0 saturated heterocycles. The van der Waals surface area contributed by atoms with Gasteiger partial charge in [0, 0.05) is 0 Å². The second-order valence-corrected chi connectivity index (χ2v) is 6.83. The van der Waals surface area contributed by atoms with Crippen molar-refractivity contribution in [2.45, 2.75) is 57.1 Å². The largest absolute Gasteiger partial charge is 0.0987 e. The molecule has 3 aliphatic carbocycles. The lowest BCUT2D eigenvalue weighted by atomic mass is 9.46. The molecule has 0 bridgehead atoms. The Bertz CT molecular complexity index is 264. The summed E-state index contributed by atoms with van der Waals surface area (Å²) in [6.07, 6.45) is 10.0. The van der Waals surface area contributed by atoms with Gasteiger partial charge in [0.25, 0.3) is 0 Å². The van der Waals surface area contributed by atoms with Gasteiger partial charge in [-0.05, 0) is 42.4 Å². The van der Waals surface area contributed by atoms with Crippen LogP contribution in [0.2, 0.25) is 5.21 Å². The lowest BCUT2D eigenvalue weighted by molar-refractivity contribution is 0.0837. The van der Waals surface area contributed by atoms with E-state index in [1.165, 1.54) is 44.9 Å². The van der Waals surface area contributed by atoms with E-state index in [9.17, 15) is 0 Å². The Morgan fingerprint density at radius 2 is 1.56 bits per heavy atom. The van der Waals surface area contributed by atoms with Gasteiger partial charge in [-0.25, -0.2) is 0 Å². The van der Waals surface area contributed by atoms with Crippen molar-refractivity contribution in [3.63, 3.8) is 0 Å². The first-order valence-electron chi connectivity index (χ1n) is 7.15. The van der Waals surface area contributed by atoms with Gasteiger partial charge < -0.3 is 0 Å². The van der Waals surface area contributed by atoms with E-state index in [2.05, 4.69) is 0 Å². The molecule has 2 heteroatoms. The van der Waals surface area contributed by atoms with Gasteiger partial charge in [0.2, 0.25) is 0 Å². The summed E-state index contributed by atoms with van der Waals surface area (Å²) in [4.78, 5) is 0. The molecule has 0 aromatic carbocycles. The van der Waals surface area contributed by atoms with Crippen LogP contribution >= 0.6 is 0 Å². The molecule has 3 saturated carbocycles. The molecule has 0 aliphatic heterocycles. The molecule has 5 atom stereocenters. The highest BCUT2D eigenvalue weighted by Crippen LogP contribution is 2.60. The highest BCUT2D eigenvalue weighted by molar-refractivity contribution is 6.39. The predicted octanol–water partition coefficient (Wildman–Crippen LogP) is 3.31. The zero-order valence-electron chi connectivity index (χ0n) is 10.5. The quantitative estimate of drug-likeness (QED) is 0.584. The minimum atomic E-state index is -0.441. The van der Waals surface area contributed by atoms with Crippen LogP contribution in [0.5, 0.6) is 0 Å². The number of hydrogen-bond acceptors (Lipinski definition) is 0. The summed E-state index contributed by atoms with van der Waals surface area (Å²) in [5.74, 6) is 4.40. The van der Waals surface area contributed by atoms with E-state index < -0.39 is 5.21 Å². The third-order valence-corrected chi connectivity index (χ3v) is 5.72. The normalized spacial score (nSPS) is 47.7. The fourth-order valence-electron chi connectivity index (χ4n) is 5.22. The number of rotatable bonds is 1. The molecule has 0 heterocycles. The van der Waals surface area contributed by atoms with Crippen LogP contribution in [0.1, 0.15) is 51.9 Å². The minimum Gasteiger partial charge on any atom is -0.0987 e. The number of hydrogen-bond donors (Lipinski definition) is 0. The van der Waals surface area contributed by atoms with Crippen LogP contribution in [0.15, 0.2) is 0 Å². The molecule has 0 aromatic heterocycles. The van der Waals surface area contributed by atoms with E-state index in [1.807, 2.05) is 6.92 Å². The first-order chi connectivity index (χ1) is 7.57. The molecular formula is C14H22B2. The van der Waals surface area contributed by atoms with E-state index in [-0.39, 0.29) is 0 Å². The summed E-state index contributed by atoms with van der Waals surface area (Å²) in [5.41, 5.74) is 0. The summed E-state index contributed by atoms with van der Waals surface area (Å²) >= 11 is 0. The van der Waals surface area contributed by atoms with Crippen LogP contribution in [0.3, 0.4) is 0 Å². The van der Waals surface area contributed by atoms with Crippen LogP contribution in [0.25, 0.3) is 0 Å². The summed E-state index contributed by atoms with van der Waals surface area (Å²) in [6.45, 7) is 2.04. The highest BCUT2D eigenvalue weighted by atomic mass is 14.5. The predicted molar refractivity (Wildman–Crippen MR) is 69.6 cm³/mol. The van der Waals surface area contributed by atoms with Crippen molar-refractivity contribution in [1.82, 2.24) is 0 Å². The topological polar surface area (TPSA) is 0 Å². The Balaban J connectivity index is 1.86.